The molecule has 2 aromatic rings. The van der Waals surface area contributed by atoms with Crippen molar-refractivity contribution in [2.45, 2.75) is 13.3 Å². The van der Waals surface area contributed by atoms with Gasteiger partial charge >= 0.3 is 0 Å². The van der Waals surface area contributed by atoms with Crippen molar-refractivity contribution >= 4 is 11.6 Å². The second kappa shape index (κ2) is 6.29. The van der Waals surface area contributed by atoms with E-state index in [9.17, 15) is 0 Å². The van der Waals surface area contributed by atoms with Crippen molar-refractivity contribution in [2.75, 3.05) is 19.0 Å². The molecule has 0 bridgehead atoms. The highest BCUT2D eigenvalue weighted by Gasteiger charge is 2.10. The van der Waals surface area contributed by atoms with Crippen LogP contribution in [-0.4, -0.2) is 18.8 Å². The SMILES string of the molecule is COc1ccc(Nc2occc2CC(C)CO)cc1. The van der Waals surface area contributed by atoms with Crippen LogP contribution in [0.4, 0.5) is 11.6 Å². The first-order valence-electron chi connectivity index (χ1n) is 6.31. The van der Waals surface area contributed by atoms with E-state index in [-0.39, 0.29) is 12.5 Å². The summed E-state index contributed by atoms with van der Waals surface area (Å²) in [4.78, 5) is 0. The van der Waals surface area contributed by atoms with Crippen LogP contribution >= 0.6 is 0 Å². The monoisotopic (exact) mass is 261 g/mol. The fraction of sp³-hybridized carbons (Fsp3) is 0.333. The molecule has 0 amide bonds. The molecule has 2 rings (SSSR count). The Morgan fingerprint density at radius 1 is 1.26 bits per heavy atom. The van der Waals surface area contributed by atoms with Gasteiger partial charge in [-0.3, -0.25) is 0 Å². The first-order chi connectivity index (χ1) is 9.22. The highest BCUT2D eigenvalue weighted by atomic mass is 16.5. The Morgan fingerprint density at radius 2 is 2.00 bits per heavy atom. The molecule has 0 aliphatic rings. The van der Waals surface area contributed by atoms with Crippen molar-refractivity contribution in [3.63, 3.8) is 0 Å². The first kappa shape index (κ1) is 13.5. The summed E-state index contributed by atoms with van der Waals surface area (Å²) in [5.74, 6) is 1.76. The van der Waals surface area contributed by atoms with E-state index in [0.717, 1.165) is 29.3 Å². The standard InChI is InChI=1S/C15H19NO3/c1-11(10-17)9-12-7-8-19-15(12)16-13-3-5-14(18-2)6-4-13/h3-8,11,16-17H,9-10H2,1-2H3. The van der Waals surface area contributed by atoms with E-state index in [0.29, 0.717) is 0 Å². The molecule has 1 heterocycles. The molecular weight excluding hydrogens is 242 g/mol. The quantitative estimate of drug-likeness (QED) is 0.838. The molecule has 0 saturated heterocycles. The first-order valence-corrected chi connectivity index (χ1v) is 6.31. The van der Waals surface area contributed by atoms with Crippen LogP contribution in [0.1, 0.15) is 12.5 Å². The van der Waals surface area contributed by atoms with Gasteiger partial charge in [0.05, 0.1) is 13.4 Å². The van der Waals surface area contributed by atoms with Gasteiger partial charge in [-0.1, -0.05) is 6.92 Å². The van der Waals surface area contributed by atoms with Crippen LogP contribution in [0.15, 0.2) is 41.0 Å². The summed E-state index contributed by atoms with van der Waals surface area (Å²) in [5, 5.41) is 12.3. The molecule has 102 valence electrons. The van der Waals surface area contributed by atoms with Gasteiger partial charge < -0.3 is 19.6 Å². The molecule has 1 aromatic heterocycles. The van der Waals surface area contributed by atoms with Gasteiger partial charge in [0.25, 0.3) is 0 Å². The molecule has 1 unspecified atom stereocenters. The van der Waals surface area contributed by atoms with Crippen molar-refractivity contribution in [2.24, 2.45) is 5.92 Å². The zero-order valence-electron chi connectivity index (χ0n) is 11.2. The molecule has 0 fully saturated rings. The Labute approximate surface area is 113 Å². The Balaban J connectivity index is 2.07. The summed E-state index contributed by atoms with van der Waals surface area (Å²) in [6.07, 6.45) is 2.44. The lowest BCUT2D eigenvalue weighted by Gasteiger charge is -2.09. The van der Waals surface area contributed by atoms with Gasteiger partial charge in [0.1, 0.15) is 5.75 Å². The maximum absolute atomic E-state index is 9.11. The zero-order chi connectivity index (χ0) is 13.7. The van der Waals surface area contributed by atoms with E-state index in [2.05, 4.69) is 5.32 Å². The maximum atomic E-state index is 9.11. The molecule has 4 nitrogen and oxygen atoms in total. The fourth-order valence-corrected chi connectivity index (χ4v) is 1.85. The predicted octanol–water partition coefficient (Wildman–Crippen LogP) is 3.20. The molecule has 19 heavy (non-hydrogen) atoms. The van der Waals surface area contributed by atoms with Gasteiger partial charge in [-0.25, -0.2) is 0 Å². The van der Waals surface area contributed by atoms with Crippen LogP contribution in [-0.2, 0) is 6.42 Å². The van der Waals surface area contributed by atoms with Gasteiger partial charge in [0.15, 0.2) is 5.88 Å². The molecule has 0 saturated carbocycles. The van der Waals surface area contributed by atoms with Crippen LogP contribution in [0.25, 0.3) is 0 Å². The third kappa shape index (κ3) is 3.51. The van der Waals surface area contributed by atoms with E-state index in [1.54, 1.807) is 13.4 Å². The van der Waals surface area contributed by atoms with Crippen LogP contribution in [0.5, 0.6) is 5.75 Å². The average molecular weight is 261 g/mol. The second-order valence-corrected chi connectivity index (χ2v) is 4.62. The summed E-state index contributed by atoms with van der Waals surface area (Å²) in [6, 6.07) is 9.57. The van der Waals surface area contributed by atoms with Crippen LogP contribution < -0.4 is 10.1 Å². The summed E-state index contributed by atoms with van der Waals surface area (Å²) >= 11 is 0. The molecule has 4 heteroatoms. The van der Waals surface area contributed by atoms with E-state index >= 15 is 0 Å². The minimum Gasteiger partial charge on any atom is -0.497 e. The highest BCUT2D eigenvalue weighted by molar-refractivity contribution is 5.58. The summed E-state index contributed by atoms with van der Waals surface area (Å²) in [5.41, 5.74) is 2.01. The van der Waals surface area contributed by atoms with Gasteiger partial charge in [0, 0.05) is 17.9 Å². The number of hydrogen-bond acceptors (Lipinski definition) is 4. The van der Waals surface area contributed by atoms with E-state index < -0.39 is 0 Å². The Morgan fingerprint density at radius 3 is 2.63 bits per heavy atom. The maximum Gasteiger partial charge on any atom is 0.200 e. The van der Waals surface area contributed by atoms with Crippen LogP contribution in [0.2, 0.25) is 0 Å². The Bertz CT molecular complexity index is 504. The number of nitrogens with one attached hydrogen (secondary N) is 1. The molecule has 1 atom stereocenters. The number of benzene rings is 1. The number of aliphatic hydroxyl groups excluding tert-OH is 1. The number of furan rings is 1. The van der Waals surface area contributed by atoms with Crippen molar-refractivity contribution in [1.29, 1.82) is 0 Å². The van der Waals surface area contributed by atoms with Gasteiger partial charge in [0.2, 0.25) is 0 Å². The van der Waals surface area contributed by atoms with Crippen molar-refractivity contribution in [1.82, 2.24) is 0 Å². The average Bonchev–Trinajstić information content (AvgIpc) is 2.86. The van der Waals surface area contributed by atoms with Crippen LogP contribution in [0, 0.1) is 5.92 Å². The lowest BCUT2D eigenvalue weighted by atomic mass is 10.0. The van der Waals surface area contributed by atoms with Crippen molar-refractivity contribution in [3.8, 4) is 5.75 Å². The van der Waals surface area contributed by atoms with E-state index in [1.807, 2.05) is 37.3 Å². The third-order valence-electron chi connectivity index (χ3n) is 2.97. The lowest BCUT2D eigenvalue weighted by Crippen LogP contribution is -2.05. The second-order valence-electron chi connectivity index (χ2n) is 4.62. The van der Waals surface area contributed by atoms with Gasteiger partial charge in [-0.15, -0.1) is 0 Å². The van der Waals surface area contributed by atoms with E-state index in [4.69, 9.17) is 14.3 Å². The van der Waals surface area contributed by atoms with Crippen molar-refractivity contribution < 1.29 is 14.3 Å². The molecule has 0 radical (unpaired) electrons. The largest absolute Gasteiger partial charge is 0.497 e. The number of methoxy groups -OCH3 is 1. The minimum absolute atomic E-state index is 0.174. The Hall–Kier alpha value is -1.94. The molecular formula is C15H19NO3. The number of hydrogen-bond donors (Lipinski definition) is 2. The zero-order valence-corrected chi connectivity index (χ0v) is 11.2. The fourth-order valence-electron chi connectivity index (χ4n) is 1.85. The number of aliphatic hydroxyl groups is 1. The lowest BCUT2D eigenvalue weighted by molar-refractivity contribution is 0.237. The number of rotatable bonds is 6. The molecule has 2 N–H and O–H groups in total. The summed E-state index contributed by atoms with van der Waals surface area (Å²) in [7, 11) is 1.64. The molecule has 0 aliphatic carbocycles. The third-order valence-corrected chi connectivity index (χ3v) is 2.97. The normalized spacial score (nSPS) is 12.2. The smallest absolute Gasteiger partial charge is 0.200 e. The predicted molar refractivity (Wildman–Crippen MR) is 74.9 cm³/mol. The molecule has 0 spiro atoms. The highest BCUT2D eigenvalue weighted by Crippen LogP contribution is 2.25. The summed E-state index contributed by atoms with van der Waals surface area (Å²) < 4.78 is 10.6. The van der Waals surface area contributed by atoms with Crippen LogP contribution in [0.3, 0.4) is 0 Å². The molecule has 0 aliphatic heterocycles. The van der Waals surface area contributed by atoms with Crippen molar-refractivity contribution in [3.05, 3.63) is 42.2 Å². The number of ether oxygens (including phenoxy) is 1. The topological polar surface area (TPSA) is 54.6 Å². The minimum atomic E-state index is 0.174. The van der Waals surface area contributed by atoms with Gasteiger partial charge in [-0.2, -0.15) is 0 Å². The Kier molecular flexibility index (Phi) is 4.47. The molecule has 1 aromatic carbocycles. The summed E-state index contributed by atoms with van der Waals surface area (Å²) in [6.45, 7) is 2.18. The number of anilines is 2. The van der Waals surface area contributed by atoms with E-state index in [1.165, 1.54) is 0 Å². The van der Waals surface area contributed by atoms with Gasteiger partial charge in [-0.05, 0) is 42.7 Å².